The second-order valence-corrected chi connectivity index (χ2v) is 10.0. The van der Waals surface area contributed by atoms with Crippen molar-refractivity contribution in [3.05, 3.63) is 106 Å². The maximum Gasteiger partial charge on any atom is 0.148 e. The van der Waals surface area contributed by atoms with Crippen molar-refractivity contribution in [2.45, 2.75) is 35.6 Å². The number of H-pyrrole nitrogens is 1. The molecule has 0 aliphatic rings. The van der Waals surface area contributed by atoms with Crippen LogP contribution in [0.5, 0.6) is 0 Å². The summed E-state index contributed by atoms with van der Waals surface area (Å²) < 4.78 is 16.0. The molecule has 178 valence electrons. The van der Waals surface area contributed by atoms with E-state index in [9.17, 15) is 4.21 Å². The van der Waals surface area contributed by atoms with Crippen molar-refractivity contribution in [3.63, 3.8) is 0 Å². The third-order valence-electron chi connectivity index (χ3n) is 5.02. The minimum Gasteiger partial charge on any atom is -0.382 e. The average Bonchev–Trinajstić information content (AvgIpc) is 3.22. The Morgan fingerprint density at radius 1 is 1.00 bits per heavy atom. The average molecular weight is 534 g/mol. The van der Waals surface area contributed by atoms with Gasteiger partial charge in [-0.25, -0.2) is 8.93 Å². The van der Waals surface area contributed by atoms with E-state index >= 15 is 0 Å². The van der Waals surface area contributed by atoms with E-state index in [0.717, 1.165) is 33.2 Å². The van der Waals surface area contributed by atoms with E-state index in [-0.39, 0.29) is 6.04 Å². The lowest BCUT2D eigenvalue weighted by Crippen LogP contribution is -2.27. The highest BCUT2D eigenvalue weighted by Gasteiger charge is 2.22. The Morgan fingerprint density at radius 2 is 1.59 bits per heavy atom. The first-order valence-electron chi connectivity index (χ1n) is 10.6. The Labute approximate surface area is 218 Å². The number of nitrogen functional groups attached to an aromatic ring is 1. The number of benzene rings is 3. The predicted molar refractivity (Wildman–Crippen MR) is 145 cm³/mol. The van der Waals surface area contributed by atoms with Crippen LogP contribution in [-0.2, 0) is 23.8 Å². The molecule has 9 heteroatoms. The summed E-state index contributed by atoms with van der Waals surface area (Å²) >= 11 is 15.6. The van der Waals surface area contributed by atoms with Crippen molar-refractivity contribution in [3.8, 4) is 0 Å². The molecule has 0 bridgehead atoms. The Balaban J connectivity index is 0.000000343. The number of halogens is 2. The van der Waals surface area contributed by atoms with Gasteiger partial charge < -0.3 is 5.73 Å². The van der Waals surface area contributed by atoms with Crippen molar-refractivity contribution in [2.75, 3.05) is 5.73 Å². The van der Waals surface area contributed by atoms with Gasteiger partial charge in [0.15, 0.2) is 0 Å². The van der Waals surface area contributed by atoms with Crippen LogP contribution in [0.15, 0.2) is 88.7 Å². The Hall–Kier alpha value is -2.29. The summed E-state index contributed by atoms with van der Waals surface area (Å²) in [6, 6.07) is 24.1. The van der Waals surface area contributed by atoms with E-state index in [0.29, 0.717) is 22.2 Å². The van der Waals surface area contributed by atoms with Gasteiger partial charge in [0.1, 0.15) is 16.8 Å². The van der Waals surface area contributed by atoms with E-state index < -0.39 is 11.0 Å². The second-order valence-electron chi connectivity index (χ2n) is 7.41. The van der Waals surface area contributed by atoms with Crippen LogP contribution >= 0.6 is 35.8 Å². The molecule has 0 fully saturated rings. The van der Waals surface area contributed by atoms with Gasteiger partial charge in [-0.1, -0.05) is 60.5 Å². The molecule has 0 radical (unpaired) electrons. The molecule has 4 N–H and O–H groups in total. The second kappa shape index (κ2) is 13.0. The van der Waals surface area contributed by atoms with Gasteiger partial charge >= 0.3 is 0 Å². The summed E-state index contributed by atoms with van der Waals surface area (Å²) in [5.74, 6) is 0.486. The van der Waals surface area contributed by atoms with Crippen LogP contribution in [0.25, 0.3) is 0 Å². The van der Waals surface area contributed by atoms with E-state index in [1.165, 1.54) is 0 Å². The number of nitrogens with two attached hydrogens (primary N) is 1. The zero-order valence-corrected chi connectivity index (χ0v) is 21.8. The highest BCUT2D eigenvalue weighted by atomic mass is 35.5. The number of aromatic amines is 1. The lowest BCUT2D eigenvalue weighted by molar-refractivity contribution is 0.607. The molecule has 4 rings (SSSR count). The highest BCUT2D eigenvalue weighted by molar-refractivity contribution is 7.83. The maximum absolute atomic E-state index is 12.8. The normalized spacial score (nSPS) is 12.5. The molecule has 2 unspecified atom stereocenters. The number of anilines is 1. The van der Waals surface area contributed by atoms with Crippen LogP contribution in [-0.4, -0.2) is 14.4 Å². The lowest BCUT2D eigenvalue weighted by Gasteiger charge is -2.19. The van der Waals surface area contributed by atoms with E-state index in [2.05, 4.69) is 27.5 Å². The first-order valence-corrected chi connectivity index (χ1v) is 13.0. The van der Waals surface area contributed by atoms with Gasteiger partial charge in [-0.15, -0.1) is 12.6 Å². The van der Waals surface area contributed by atoms with Crippen LogP contribution in [0.1, 0.15) is 29.8 Å². The van der Waals surface area contributed by atoms with E-state index in [4.69, 9.17) is 28.9 Å². The Bertz CT molecular complexity index is 1180. The molecule has 0 saturated carbocycles. The van der Waals surface area contributed by atoms with Crippen LogP contribution in [0.3, 0.4) is 0 Å². The fourth-order valence-corrected chi connectivity index (χ4v) is 4.68. The molecule has 1 aromatic heterocycles. The summed E-state index contributed by atoms with van der Waals surface area (Å²) in [5.41, 5.74) is 8.94. The minimum absolute atomic E-state index is 0.214. The number of nitrogens with zero attached hydrogens (tertiary/aromatic N) is 1. The molecule has 34 heavy (non-hydrogen) atoms. The molecule has 0 aliphatic carbocycles. The monoisotopic (exact) mass is 532 g/mol. The van der Waals surface area contributed by atoms with E-state index in [1.54, 1.807) is 24.3 Å². The summed E-state index contributed by atoms with van der Waals surface area (Å²) in [7, 11) is -1.39. The van der Waals surface area contributed by atoms with Crippen LogP contribution in [0.2, 0.25) is 10.0 Å². The highest BCUT2D eigenvalue weighted by Crippen LogP contribution is 2.25. The molecule has 0 spiro atoms. The zero-order chi connectivity index (χ0) is 24.5. The topological polar surface area (TPSA) is 83.8 Å². The number of hydrogen-bond acceptors (Lipinski definition) is 4. The fraction of sp³-hybridized carbons (Fsp3) is 0.160. The van der Waals surface area contributed by atoms with Crippen molar-refractivity contribution in [2.24, 2.45) is 0 Å². The number of hydrogen-bond donors (Lipinski definition) is 4. The minimum atomic E-state index is -1.39. The molecule has 0 saturated heterocycles. The molecular formula is C25H26Cl2N4OS2. The fourth-order valence-electron chi connectivity index (χ4n) is 3.30. The summed E-state index contributed by atoms with van der Waals surface area (Å²) in [5, 5.41) is 8.52. The Kier molecular flexibility index (Phi) is 10.0. The third kappa shape index (κ3) is 7.61. The molecule has 0 aliphatic heterocycles. The van der Waals surface area contributed by atoms with Crippen molar-refractivity contribution in [1.82, 2.24) is 14.9 Å². The molecule has 3 aromatic carbocycles. The SMILES string of the molecule is CCc1c(N)n[nH]c1C(Cc1ccccc1)NS(=O)c1ccc(Cl)cc1.Sc1ccc(Cl)cc1. The van der Waals surface area contributed by atoms with Crippen LogP contribution < -0.4 is 10.5 Å². The van der Waals surface area contributed by atoms with Crippen molar-refractivity contribution in [1.29, 1.82) is 0 Å². The van der Waals surface area contributed by atoms with Crippen LogP contribution in [0, 0.1) is 0 Å². The van der Waals surface area contributed by atoms with Gasteiger partial charge in [0.2, 0.25) is 0 Å². The largest absolute Gasteiger partial charge is 0.382 e. The Morgan fingerprint density at radius 3 is 2.15 bits per heavy atom. The van der Waals surface area contributed by atoms with Crippen molar-refractivity contribution < 1.29 is 4.21 Å². The van der Waals surface area contributed by atoms with Crippen molar-refractivity contribution >= 4 is 52.6 Å². The quantitative estimate of drug-likeness (QED) is 0.207. The van der Waals surface area contributed by atoms with Crippen LogP contribution in [0.4, 0.5) is 5.82 Å². The smallest absolute Gasteiger partial charge is 0.148 e. The molecule has 2 atom stereocenters. The first kappa shape index (κ1) is 26.3. The third-order valence-corrected chi connectivity index (χ3v) is 7.02. The van der Waals surface area contributed by atoms with Gasteiger partial charge in [-0.3, -0.25) is 5.10 Å². The standard InChI is InChI=1S/C19H21ClN4OS.C6H5ClS/c1-2-16-18(22-23-19(16)21)17(12-13-6-4-3-5-7-13)24-26(25)15-10-8-14(20)9-11-15;7-5-1-3-6(8)4-2-5/h3-11,17,24H,2,12H2,1H3,(H3,21,22,23);1-4,8H. The first-order chi connectivity index (χ1) is 16.4. The molecule has 5 nitrogen and oxygen atoms in total. The van der Waals surface area contributed by atoms with Gasteiger partial charge in [0, 0.05) is 20.5 Å². The van der Waals surface area contributed by atoms with Gasteiger partial charge in [-0.05, 0) is 66.9 Å². The molecular weight excluding hydrogens is 507 g/mol. The summed E-state index contributed by atoms with van der Waals surface area (Å²) in [6.45, 7) is 2.03. The molecule has 1 heterocycles. The van der Waals surface area contributed by atoms with Gasteiger partial charge in [-0.2, -0.15) is 5.10 Å². The summed E-state index contributed by atoms with van der Waals surface area (Å²) in [4.78, 5) is 1.60. The summed E-state index contributed by atoms with van der Waals surface area (Å²) in [6.07, 6.45) is 1.41. The molecule has 4 aromatic rings. The number of aromatic nitrogens is 2. The van der Waals surface area contributed by atoms with E-state index in [1.807, 2.05) is 61.5 Å². The lowest BCUT2D eigenvalue weighted by atomic mass is 10.0. The number of rotatable bonds is 7. The maximum atomic E-state index is 12.8. The predicted octanol–water partition coefficient (Wildman–Crippen LogP) is 6.43. The van der Waals surface area contributed by atoms with Gasteiger partial charge in [0.05, 0.1) is 16.6 Å². The number of thiol groups is 1. The van der Waals surface area contributed by atoms with Gasteiger partial charge in [0.25, 0.3) is 0 Å². The molecule has 0 amide bonds. The number of nitrogens with one attached hydrogen (secondary N) is 2. The zero-order valence-electron chi connectivity index (χ0n) is 18.5.